The van der Waals surface area contributed by atoms with Crippen LogP contribution >= 0.6 is 0 Å². The van der Waals surface area contributed by atoms with Crippen LogP contribution in [0, 0.1) is 12.8 Å². The largest absolute Gasteiger partial charge is 0.356 e. The van der Waals surface area contributed by atoms with Gasteiger partial charge in [0.25, 0.3) is 0 Å². The summed E-state index contributed by atoms with van der Waals surface area (Å²) >= 11 is 0. The summed E-state index contributed by atoms with van der Waals surface area (Å²) in [6.45, 7) is 12.2. The van der Waals surface area contributed by atoms with Crippen LogP contribution in [0.4, 0.5) is 5.82 Å². The summed E-state index contributed by atoms with van der Waals surface area (Å²) in [5.74, 6) is 2.40. The minimum atomic E-state index is 0.0517. The molecule has 5 nitrogen and oxygen atoms in total. The molecule has 0 radical (unpaired) electrons. The number of nitrogens with zero attached hydrogens (tertiary/aromatic N) is 3. The summed E-state index contributed by atoms with van der Waals surface area (Å²) in [4.78, 5) is 24.0. The molecule has 0 aromatic carbocycles. The van der Waals surface area contributed by atoms with Gasteiger partial charge in [0, 0.05) is 36.8 Å². The summed E-state index contributed by atoms with van der Waals surface area (Å²) in [5.41, 5.74) is 0.992. The lowest BCUT2D eigenvalue weighted by Gasteiger charge is -2.33. The van der Waals surface area contributed by atoms with Gasteiger partial charge in [-0.25, -0.2) is 9.97 Å². The molecular weight excluding hydrogens is 300 g/mol. The van der Waals surface area contributed by atoms with Crippen LogP contribution in [0.25, 0.3) is 0 Å². The molecule has 24 heavy (non-hydrogen) atoms. The highest BCUT2D eigenvalue weighted by Gasteiger charge is 2.27. The number of carbonyl (C=O) groups excluding carboxylic acids is 1. The fraction of sp³-hybridized carbons (Fsp3) is 0.737. The monoisotopic (exact) mass is 332 g/mol. The van der Waals surface area contributed by atoms with E-state index in [9.17, 15) is 4.79 Å². The first-order chi connectivity index (χ1) is 11.4. The average Bonchev–Trinajstić information content (AvgIpc) is 2.54. The molecule has 1 aliphatic rings. The Bertz CT molecular complexity index is 558. The number of amides is 1. The molecule has 1 saturated heterocycles. The number of hydrogen-bond acceptors (Lipinski definition) is 4. The molecule has 2 atom stereocenters. The quantitative estimate of drug-likeness (QED) is 0.867. The first-order valence-electron chi connectivity index (χ1n) is 9.31. The summed E-state index contributed by atoms with van der Waals surface area (Å²) in [6.07, 6.45) is 4.12. The number of aromatic nitrogens is 2. The Balaban J connectivity index is 2.06. The molecule has 1 aromatic heterocycles. The van der Waals surface area contributed by atoms with Crippen molar-refractivity contribution in [3.05, 3.63) is 17.6 Å². The normalized spacial score (nSPS) is 19.4. The molecule has 2 rings (SSSR count). The van der Waals surface area contributed by atoms with Gasteiger partial charge in [-0.1, -0.05) is 27.2 Å². The van der Waals surface area contributed by atoms with Crippen molar-refractivity contribution < 1.29 is 4.79 Å². The molecular formula is C19H32N4O. The molecule has 2 unspecified atom stereocenters. The zero-order valence-corrected chi connectivity index (χ0v) is 15.8. The van der Waals surface area contributed by atoms with E-state index in [0.717, 1.165) is 56.1 Å². The van der Waals surface area contributed by atoms with Crippen molar-refractivity contribution in [3.63, 3.8) is 0 Å². The van der Waals surface area contributed by atoms with E-state index in [2.05, 4.69) is 42.9 Å². The second-order valence-electron chi connectivity index (χ2n) is 7.36. The molecule has 0 saturated carbocycles. The molecule has 0 spiro atoms. The Labute approximate surface area is 146 Å². The van der Waals surface area contributed by atoms with Gasteiger partial charge in [-0.15, -0.1) is 0 Å². The second kappa shape index (κ2) is 8.45. The summed E-state index contributed by atoms with van der Waals surface area (Å²) < 4.78 is 0. The van der Waals surface area contributed by atoms with Gasteiger partial charge in [0.05, 0.1) is 5.92 Å². The number of rotatable bonds is 6. The number of nitrogens with one attached hydrogen (secondary N) is 1. The SMILES string of the molecule is CCCC(C)NC(=O)C1CCCN(c2cc(C)nc(C(C)C)n2)C1. The highest BCUT2D eigenvalue weighted by molar-refractivity contribution is 5.79. The fourth-order valence-electron chi connectivity index (χ4n) is 3.26. The van der Waals surface area contributed by atoms with Gasteiger partial charge in [0.2, 0.25) is 5.91 Å². The van der Waals surface area contributed by atoms with E-state index in [4.69, 9.17) is 4.98 Å². The Kier molecular flexibility index (Phi) is 6.58. The van der Waals surface area contributed by atoms with Crippen molar-refractivity contribution >= 4 is 11.7 Å². The zero-order valence-electron chi connectivity index (χ0n) is 15.8. The molecule has 134 valence electrons. The van der Waals surface area contributed by atoms with Crippen molar-refractivity contribution in [3.8, 4) is 0 Å². The zero-order chi connectivity index (χ0) is 17.7. The van der Waals surface area contributed by atoms with Crippen molar-refractivity contribution in [1.29, 1.82) is 0 Å². The summed E-state index contributed by atoms with van der Waals surface area (Å²) in [5, 5.41) is 3.17. The van der Waals surface area contributed by atoms with Gasteiger partial charge in [-0.05, 0) is 33.1 Å². The van der Waals surface area contributed by atoms with Crippen molar-refractivity contribution in [2.24, 2.45) is 5.92 Å². The fourth-order valence-corrected chi connectivity index (χ4v) is 3.26. The Morgan fingerprint density at radius 2 is 2.12 bits per heavy atom. The number of hydrogen-bond donors (Lipinski definition) is 1. The number of piperidine rings is 1. The molecule has 1 amide bonds. The van der Waals surface area contributed by atoms with E-state index < -0.39 is 0 Å². The van der Waals surface area contributed by atoms with Crippen molar-refractivity contribution in [2.45, 2.75) is 72.3 Å². The van der Waals surface area contributed by atoms with Gasteiger partial charge in [-0.3, -0.25) is 4.79 Å². The molecule has 0 bridgehead atoms. The minimum absolute atomic E-state index is 0.0517. The Morgan fingerprint density at radius 1 is 1.38 bits per heavy atom. The smallest absolute Gasteiger partial charge is 0.225 e. The van der Waals surface area contributed by atoms with Crippen LogP contribution in [0.15, 0.2) is 6.07 Å². The topological polar surface area (TPSA) is 58.1 Å². The summed E-state index contributed by atoms with van der Waals surface area (Å²) in [6, 6.07) is 2.29. The maximum absolute atomic E-state index is 12.5. The van der Waals surface area contributed by atoms with Crippen LogP contribution in [0.2, 0.25) is 0 Å². The molecule has 1 N–H and O–H groups in total. The number of anilines is 1. The van der Waals surface area contributed by atoms with Gasteiger partial charge in [0.15, 0.2) is 0 Å². The van der Waals surface area contributed by atoms with Crippen LogP contribution in [-0.4, -0.2) is 35.0 Å². The molecule has 0 aliphatic carbocycles. The van der Waals surface area contributed by atoms with Gasteiger partial charge >= 0.3 is 0 Å². The van der Waals surface area contributed by atoms with E-state index in [0.29, 0.717) is 5.92 Å². The van der Waals surface area contributed by atoms with E-state index >= 15 is 0 Å². The number of carbonyl (C=O) groups is 1. The predicted octanol–water partition coefficient (Wildman–Crippen LogP) is 3.43. The lowest BCUT2D eigenvalue weighted by molar-refractivity contribution is -0.125. The molecule has 5 heteroatoms. The van der Waals surface area contributed by atoms with Crippen LogP contribution in [0.1, 0.15) is 70.8 Å². The maximum atomic E-state index is 12.5. The van der Waals surface area contributed by atoms with Gasteiger partial charge < -0.3 is 10.2 Å². The standard InChI is InChI=1S/C19H32N4O/c1-6-8-14(4)21-19(24)16-9-7-10-23(12-16)17-11-15(5)20-18(22-17)13(2)3/h11,13-14,16H,6-10,12H2,1-5H3,(H,21,24). The average molecular weight is 332 g/mol. The first-order valence-corrected chi connectivity index (χ1v) is 9.31. The Hall–Kier alpha value is -1.65. The Morgan fingerprint density at radius 3 is 2.79 bits per heavy atom. The van der Waals surface area contributed by atoms with E-state index in [1.54, 1.807) is 0 Å². The van der Waals surface area contributed by atoms with Crippen molar-refractivity contribution in [1.82, 2.24) is 15.3 Å². The third kappa shape index (κ3) is 4.92. The third-order valence-corrected chi connectivity index (χ3v) is 4.60. The third-order valence-electron chi connectivity index (χ3n) is 4.60. The van der Waals surface area contributed by atoms with Crippen LogP contribution in [-0.2, 0) is 4.79 Å². The number of aryl methyl sites for hydroxylation is 1. The minimum Gasteiger partial charge on any atom is -0.356 e. The lowest BCUT2D eigenvalue weighted by Crippen LogP contribution is -2.45. The second-order valence-corrected chi connectivity index (χ2v) is 7.36. The molecule has 2 heterocycles. The van der Waals surface area contributed by atoms with Gasteiger partial charge in [-0.2, -0.15) is 0 Å². The van der Waals surface area contributed by atoms with E-state index in [-0.39, 0.29) is 17.9 Å². The molecule has 1 aliphatic heterocycles. The van der Waals surface area contributed by atoms with Gasteiger partial charge in [0.1, 0.15) is 11.6 Å². The van der Waals surface area contributed by atoms with Crippen LogP contribution in [0.3, 0.4) is 0 Å². The van der Waals surface area contributed by atoms with Crippen molar-refractivity contribution in [2.75, 3.05) is 18.0 Å². The van der Waals surface area contributed by atoms with Crippen LogP contribution in [0.5, 0.6) is 0 Å². The highest BCUT2D eigenvalue weighted by atomic mass is 16.2. The molecule has 1 aromatic rings. The first kappa shape index (κ1) is 18.7. The van der Waals surface area contributed by atoms with E-state index in [1.165, 1.54) is 0 Å². The predicted molar refractivity (Wildman–Crippen MR) is 98.3 cm³/mol. The summed E-state index contributed by atoms with van der Waals surface area (Å²) in [7, 11) is 0. The van der Waals surface area contributed by atoms with Crippen LogP contribution < -0.4 is 10.2 Å². The van der Waals surface area contributed by atoms with E-state index in [1.807, 2.05) is 13.0 Å². The molecule has 1 fully saturated rings. The highest BCUT2D eigenvalue weighted by Crippen LogP contribution is 2.24. The maximum Gasteiger partial charge on any atom is 0.225 e. The lowest BCUT2D eigenvalue weighted by atomic mass is 9.96.